The lowest BCUT2D eigenvalue weighted by atomic mass is 10.1. The predicted octanol–water partition coefficient (Wildman–Crippen LogP) is 3.97. The van der Waals surface area contributed by atoms with Crippen LogP contribution in [0.3, 0.4) is 0 Å². The number of alkyl halides is 3. The number of nitrogens with zero attached hydrogens (tertiary/aromatic N) is 1. The summed E-state index contributed by atoms with van der Waals surface area (Å²) in [4.78, 5) is 10.5. The molecule has 2 aromatic carbocycles. The molecule has 0 aliphatic heterocycles. The highest BCUT2D eigenvalue weighted by Crippen LogP contribution is 2.35. The molecule has 0 atom stereocenters. The first-order valence-corrected chi connectivity index (χ1v) is 7.69. The molecule has 27 heavy (non-hydrogen) atoms. The Morgan fingerprint density at radius 3 is 2.48 bits per heavy atom. The first-order chi connectivity index (χ1) is 12.7. The van der Waals surface area contributed by atoms with E-state index in [2.05, 4.69) is 10.1 Å². The first-order valence-electron chi connectivity index (χ1n) is 7.69. The molecular weight excluding hydrogens is 372 g/mol. The van der Waals surface area contributed by atoms with Crippen LogP contribution in [-0.4, -0.2) is 24.8 Å². The Bertz CT molecular complexity index is 812. The molecule has 0 radical (unpaired) electrons. The molecule has 0 fully saturated rings. The van der Waals surface area contributed by atoms with Crippen molar-refractivity contribution in [2.24, 2.45) is 0 Å². The van der Waals surface area contributed by atoms with E-state index in [1.165, 1.54) is 31.4 Å². The van der Waals surface area contributed by atoms with Gasteiger partial charge in [0, 0.05) is 18.7 Å². The highest BCUT2D eigenvalue weighted by molar-refractivity contribution is 5.54. The maximum absolute atomic E-state index is 13.2. The van der Waals surface area contributed by atoms with Gasteiger partial charge in [-0.3, -0.25) is 10.1 Å². The van der Waals surface area contributed by atoms with Crippen molar-refractivity contribution >= 4 is 5.69 Å². The molecular formula is C17H16F4N2O4. The van der Waals surface area contributed by atoms with E-state index in [1.54, 1.807) is 6.07 Å². The summed E-state index contributed by atoms with van der Waals surface area (Å²) in [6.45, 7) is -1.34. The van der Waals surface area contributed by atoms with Gasteiger partial charge in [-0.25, -0.2) is 4.39 Å². The van der Waals surface area contributed by atoms with E-state index >= 15 is 0 Å². The van der Waals surface area contributed by atoms with Gasteiger partial charge in [0.05, 0.1) is 18.1 Å². The summed E-state index contributed by atoms with van der Waals surface area (Å²) in [5.41, 5.74) is 0.405. The van der Waals surface area contributed by atoms with Crippen LogP contribution in [0.4, 0.5) is 23.2 Å². The molecule has 0 heterocycles. The minimum Gasteiger partial charge on any atom is -0.493 e. The predicted molar refractivity (Wildman–Crippen MR) is 88.1 cm³/mol. The summed E-state index contributed by atoms with van der Waals surface area (Å²) in [5.74, 6) is -0.851. The molecule has 0 bridgehead atoms. The molecule has 2 aromatic rings. The lowest BCUT2D eigenvalue weighted by Crippen LogP contribution is -2.20. The number of hydrogen-bond donors (Lipinski definition) is 1. The van der Waals surface area contributed by atoms with E-state index in [0.717, 1.165) is 6.07 Å². The van der Waals surface area contributed by atoms with Gasteiger partial charge >= 0.3 is 6.18 Å². The van der Waals surface area contributed by atoms with Crippen molar-refractivity contribution in [2.45, 2.75) is 19.3 Å². The fraction of sp³-hybridized carbons (Fsp3) is 0.294. The molecule has 0 saturated heterocycles. The van der Waals surface area contributed by atoms with Gasteiger partial charge in [0.25, 0.3) is 5.69 Å². The van der Waals surface area contributed by atoms with E-state index in [-0.39, 0.29) is 30.2 Å². The molecule has 0 aliphatic carbocycles. The second-order valence-electron chi connectivity index (χ2n) is 5.53. The minimum absolute atomic E-state index is 0.0166. The van der Waals surface area contributed by atoms with Gasteiger partial charge in [0.2, 0.25) is 0 Å². The van der Waals surface area contributed by atoms with Crippen molar-refractivity contribution in [1.82, 2.24) is 5.32 Å². The van der Waals surface area contributed by atoms with E-state index in [0.29, 0.717) is 5.56 Å². The lowest BCUT2D eigenvalue weighted by Gasteiger charge is -2.14. The van der Waals surface area contributed by atoms with Crippen molar-refractivity contribution in [3.8, 4) is 11.5 Å². The summed E-state index contributed by atoms with van der Waals surface area (Å²) in [5, 5.41) is 14.2. The zero-order chi connectivity index (χ0) is 20.0. The zero-order valence-electron chi connectivity index (χ0n) is 14.2. The molecule has 0 unspecified atom stereocenters. The molecule has 10 heteroatoms. The van der Waals surface area contributed by atoms with Gasteiger partial charge in [-0.1, -0.05) is 12.1 Å². The monoisotopic (exact) mass is 388 g/mol. The van der Waals surface area contributed by atoms with Crippen LogP contribution in [0, 0.1) is 15.9 Å². The highest BCUT2D eigenvalue weighted by atomic mass is 19.4. The van der Waals surface area contributed by atoms with Gasteiger partial charge in [-0.05, 0) is 23.8 Å². The van der Waals surface area contributed by atoms with E-state index in [4.69, 9.17) is 4.74 Å². The molecule has 0 amide bonds. The second-order valence-corrected chi connectivity index (χ2v) is 5.53. The van der Waals surface area contributed by atoms with Crippen molar-refractivity contribution in [1.29, 1.82) is 0 Å². The molecule has 0 saturated carbocycles. The summed E-state index contributed by atoms with van der Waals surface area (Å²) in [6, 6.07) is 7.95. The number of rotatable bonds is 8. The standard InChI is InChI=1S/C17H16F4N2O4/c1-26-15-6-12(9-22-8-11-3-2-4-13(18)5-11)14(23(24)25)7-16(15)27-10-17(19,20)21/h2-7,22H,8-10H2,1H3. The molecule has 0 spiro atoms. The molecule has 1 N–H and O–H groups in total. The van der Waals surface area contributed by atoms with Crippen molar-refractivity contribution in [3.05, 3.63) is 63.5 Å². The Kier molecular flexibility index (Phi) is 6.56. The maximum atomic E-state index is 13.2. The Morgan fingerprint density at radius 2 is 1.89 bits per heavy atom. The number of methoxy groups -OCH3 is 1. The smallest absolute Gasteiger partial charge is 0.422 e. The number of hydrogen-bond acceptors (Lipinski definition) is 5. The Hall–Kier alpha value is -2.88. The fourth-order valence-corrected chi connectivity index (χ4v) is 2.32. The molecule has 146 valence electrons. The van der Waals surface area contributed by atoms with Gasteiger partial charge < -0.3 is 14.8 Å². The quantitative estimate of drug-likeness (QED) is 0.421. The highest BCUT2D eigenvalue weighted by Gasteiger charge is 2.30. The molecule has 6 nitrogen and oxygen atoms in total. The third kappa shape index (κ3) is 6.10. The Labute approximate surface area is 151 Å². The molecule has 2 rings (SSSR count). The summed E-state index contributed by atoms with van der Waals surface area (Å²) >= 11 is 0. The minimum atomic E-state index is -4.59. The van der Waals surface area contributed by atoms with Crippen LogP contribution in [0.1, 0.15) is 11.1 Å². The van der Waals surface area contributed by atoms with Crippen LogP contribution in [0.25, 0.3) is 0 Å². The molecule has 0 aliphatic rings. The first kappa shape index (κ1) is 20.4. The summed E-state index contributed by atoms with van der Waals surface area (Å²) < 4.78 is 59.7. The third-order valence-electron chi connectivity index (χ3n) is 3.49. The van der Waals surface area contributed by atoms with Crippen molar-refractivity contribution in [3.63, 3.8) is 0 Å². The average molecular weight is 388 g/mol. The van der Waals surface area contributed by atoms with Gasteiger partial charge in [0.15, 0.2) is 18.1 Å². The largest absolute Gasteiger partial charge is 0.493 e. The zero-order valence-corrected chi connectivity index (χ0v) is 14.2. The topological polar surface area (TPSA) is 73.6 Å². The van der Waals surface area contributed by atoms with Crippen LogP contribution >= 0.6 is 0 Å². The fourth-order valence-electron chi connectivity index (χ4n) is 2.32. The summed E-state index contributed by atoms with van der Waals surface area (Å²) in [6.07, 6.45) is -4.59. The van der Waals surface area contributed by atoms with Crippen molar-refractivity contribution in [2.75, 3.05) is 13.7 Å². The van der Waals surface area contributed by atoms with E-state index in [1.807, 2.05) is 0 Å². The van der Waals surface area contributed by atoms with E-state index in [9.17, 15) is 27.7 Å². The average Bonchev–Trinajstić information content (AvgIpc) is 2.59. The van der Waals surface area contributed by atoms with Crippen LogP contribution < -0.4 is 14.8 Å². The van der Waals surface area contributed by atoms with Crippen LogP contribution in [0.5, 0.6) is 11.5 Å². The number of halogens is 4. The maximum Gasteiger partial charge on any atom is 0.422 e. The second kappa shape index (κ2) is 8.67. The number of nitrogens with one attached hydrogen (secondary N) is 1. The van der Waals surface area contributed by atoms with Gasteiger partial charge in [-0.2, -0.15) is 13.2 Å². The van der Waals surface area contributed by atoms with Crippen LogP contribution in [-0.2, 0) is 13.1 Å². The Morgan fingerprint density at radius 1 is 1.15 bits per heavy atom. The summed E-state index contributed by atoms with van der Waals surface area (Å²) in [7, 11) is 1.21. The van der Waals surface area contributed by atoms with E-state index < -0.39 is 29.2 Å². The number of nitro benzene ring substituents is 1. The number of ether oxygens (including phenoxy) is 2. The number of benzene rings is 2. The lowest BCUT2D eigenvalue weighted by molar-refractivity contribution is -0.385. The van der Waals surface area contributed by atoms with Crippen LogP contribution in [0.15, 0.2) is 36.4 Å². The number of nitro groups is 1. The van der Waals surface area contributed by atoms with Crippen LogP contribution in [0.2, 0.25) is 0 Å². The third-order valence-corrected chi connectivity index (χ3v) is 3.49. The normalized spacial score (nSPS) is 11.3. The van der Waals surface area contributed by atoms with Gasteiger partial charge in [0.1, 0.15) is 5.82 Å². The Balaban J connectivity index is 2.18. The van der Waals surface area contributed by atoms with Gasteiger partial charge in [-0.15, -0.1) is 0 Å². The molecule has 0 aromatic heterocycles. The SMILES string of the molecule is COc1cc(CNCc2cccc(F)c2)c([N+](=O)[O-])cc1OCC(F)(F)F. The van der Waals surface area contributed by atoms with Crippen molar-refractivity contribution < 1.29 is 32.0 Å².